The highest BCUT2D eigenvalue weighted by molar-refractivity contribution is 5.81. The van der Waals surface area contributed by atoms with Crippen LogP contribution in [0, 0.1) is 18.2 Å². The third-order valence-corrected chi connectivity index (χ3v) is 5.92. The van der Waals surface area contributed by atoms with Crippen molar-refractivity contribution in [2.75, 3.05) is 26.7 Å². The number of halogens is 1. The van der Waals surface area contributed by atoms with Crippen molar-refractivity contribution in [3.63, 3.8) is 0 Å². The summed E-state index contributed by atoms with van der Waals surface area (Å²) < 4.78 is 16.4. The molecule has 1 aromatic heterocycles. The van der Waals surface area contributed by atoms with Crippen molar-refractivity contribution in [3.05, 3.63) is 47.8 Å². The fraction of sp³-hybridized carbons (Fsp3) is 0.476. The van der Waals surface area contributed by atoms with Gasteiger partial charge >= 0.3 is 0 Å². The van der Waals surface area contributed by atoms with Gasteiger partial charge in [0, 0.05) is 57.5 Å². The lowest BCUT2D eigenvalue weighted by molar-refractivity contribution is -0.119. The van der Waals surface area contributed by atoms with E-state index >= 15 is 0 Å². The molecule has 1 unspecified atom stereocenters. The molecule has 4 rings (SSSR count). The first-order chi connectivity index (χ1) is 14.0. The molecule has 0 aliphatic carbocycles. The average Bonchev–Trinajstić information content (AvgIpc) is 3.28. The minimum Gasteiger partial charge on any atom is -0.355 e. The van der Waals surface area contributed by atoms with E-state index in [0.717, 1.165) is 49.8 Å². The molecular formula is C21H27FN6O. The van der Waals surface area contributed by atoms with Crippen molar-refractivity contribution < 1.29 is 9.18 Å². The molecule has 2 aromatic rings. The fourth-order valence-electron chi connectivity index (χ4n) is 4.43. The van der Waals surface area contributed by atoms with E-state index in [1.807, 2.05) is 13.0 Å². The molecule has 2 N–H and O–H groups in total. The second-order valence-electron chi connectivity index (χ2n) is 8.01. The van der Waals surface area contributed by atoms with Crippen LogP contribution in [0.3, 0.4) is 0 Å². The maximum absolute atomic E-state index is 14.6. The van der Waals surface area contributed by atoms with Gasteiger partial charge in [-0.15, -0.1) is 0 Å². The van der Waals surface area contributed by atoms with Crippen molar-refractivity contribution in [1.82, 2.24) is 25.1 Å². The van der Waals surface area contributed by atoms with Gasteiger partial charge < -0.3 is 20.1 Å². The van der Waals surface area contributed by atoms with Crippen LogP contribution in [-0.2, 0) is 11.3 Å². The number of imidazole rings is 1. The molecule has 2 saturated heterocycles. The Morgan fingerprint density at radius 1 is 1.45 bits per heavy atom. The summed E-state index contributed by atoms with van der Waals surface area (Å²) in [5, 5.41) is 6.32. The number of amides is 1. The number of aryl methyl sites for hydroxylation is 1. The summed E-state index contributed by atoms with van der Waals surface area (Å²) in [5.74, 6) is 1.39. The number of likely N-dealkylation sites (tertiary alicyclic amines) is 1. The maximum atomic E-state index is 14.6. The quantitative estimate of drug-likeness (QED) is 0.613. The van der Waals surface area contributed by atoms with Crippen LogP contribution in [0.1, 0.15) is 30.7 Å². The number of nitrogens with one attached hydrogen (secondary N) is 2. The van der Waals surface area contributed by atoms with Gasteiger partial charge in [0.25, 0.3) is 0 Å². The van der Waals surface area contributed by atoms with Crippen LogP contribution in [0.15, 0.2) is 35.6 Å². The lowest BCUT2D eigenvalue weighted by atomic mass is 9.79. The SMILES string of the molecule is CN=C(NCc1ccc(-n2ccnc2C)c(F)c1)N1CCCC2(CNC(=O)C2)C1. The van der Waals surface area contributed by atoms with Crippen LogP contribution in [-0.4, -0.2) is 53.0 Å². The zero-order chi connectivity index (χ0) is 20.4. The van der Waals surface area contributed by atoms with Crippen LogP contribution in [0.5, 0.6) is 0 Å². The number of piperidine rings is 1. The normalized spacial score (nSPS) is 22.2. The highest BCUT2D eigenvalue weighted by atomic mass is 19.1. The zero-order valence-electron chi connectivity index (χ0n) is 16.9. The Morgan fingerprint density at radius 3 is 2.97 bits per heavy atom. The predicted molar refractivity (Wildman–Crippen MR) is 109 cm³/mol. The van der Waals surface area contributed by atoms with Gasteiger partial charge in [-0.2, -0.15) is 0 Å². The van der Waals surface area contributed by atoms with Crippen LogP contribution < -0.4 is 10.6 Å². The van der Waals surface area contributed by atoms with Crippen molar-refractivity contribution in [2.24, 2.45) is 10.4 Å². The summed E-state index contributed by atoms with van der Waals surface area (Å²) in [6.07, 6.45) is 6.08. The van der Waals surface area contributed by atoms with E-state index in [0.29, 0.717) is 18.7 Å². The smallest absolute Gasteiger partial charge is 0.220 e. The van der Waals surface area contributed by atoms with Gasteiger partial charge in [0.2, 0.25) is 5.91 Å². The van der Waals surface area contributed by atoms with Crippen LogP contribution in [0.4, 0.5) is 4.39 Å². The monoisotopic (exact) mass is 398 g/mol. The van der Waals surface area contributed by atoms with Crippen LogP contribution in [0.2, 0.25) is 0 Å². The molecule has 2 aliphatic rings. The molecule has 154 valence electrons. The summed E-state index contributed by atoms with van der Waals surface area (Å²) >= 11 is 0. The standard InChI is InChI=1S/C21H27FN6O/c1-15-24-7-9-28(15)18-5-4-16(10-17(18)22)12-25-20(23-2)27-8-3-6-21(14-27)11-19(29)26-13-21/h4-5,7,9-10H,3,6,8,11-14H2,1-2H3,(H,23,25)(H,26,29). The third-order valence-electron chi connectivity index (χ3n) is 5.92. The van der Waals surface area contributed by atoms with Gasteiger partial charge in [0.05, 0.1) is 5.69 Å². The second-order valence-corrected chi connectivity index (χ2v) is 8.01. The van der Waals surface area contributed by atoms with Gasteiger partial charge in [-0.1, -0.05) is 6.07 Å². The van der Waals surface area contributed by atoms with Gasteiger partial charge in [0.1, 0.15) is 11.6 Å². The molecule has 7 nitrogen and oxygen atoms in total. The highest BCUT2D eigenvalue weighted by Gasteiger charge is 2.42. The van der Waals surface area contributed by atoms with Gasteiger partial charge in [-0.3, -0.25) is 9.79 Å². The Bertz CT molecular complexity index is 939. The summed E-state index contributed by atoms with van der Waals surface area (Å²) in [6, 6.07) is 5.23. The number of carbonyl (C=O) groups is 1. The van der Waals surface area contributed by atoms with Gasteiger partial charge in [0.15, 0.2) is 5.96 Å². The lowest BCUT2D eigenvalue weighted by Crippen LogP contribution is -2.51. The van der Waals surface area contributed by atoms with Crippen molar-refractivity contribution in [1.29, 1.82) is 0 Å². The van der Waals surface area contributed by atoms with Gasteiger partial charge in [-0.05, 0) is 37.5 Å². The van der Waals surface area contributed by atoms with Crippen molar-refractivity contribution in [3.8, 4) is 5.69 Å². The molecule has 8 heteroatoms. The molecule has 0 radical (unpaired) electrons. The topological polar surface area (TPSA) is 74.6 Å². The molecule has 0 bridgehead atoms. The zero-order valence-corrected chi connectivity index (χ0v) is 16.9. The van der Waals surface area contributed by atoms with Gasteiger partial charge in [-0.25, -0.2) is 9.37 Å². The number of hydrogen-bond acceptors (Lipinski definition) is 3. The number of aliphatic imine (C=N–C) groups is 1. The minimum absolute atomic E-state index is 0.00334. The van der Waals surface area contributed by atoms with E-state index in [9.17, 15) is 9.18 Å². The molecule has 0 saturated carbocycles. The number of aromatic nitrogens is 2. The molecule has 1 spiro atoms. The number of nitrogens with zero attached hydrogens (tertiary/aromatic N) is 4. The molecule has 2 aliphatic heterocycles. The third kappa shape index (κ3) is 3.97. The Kier molecular flexibility index (Phi) is 5.25. The van der Waals surface area contributed by atoms with Crippen LogP contribution >= 0.6 is 0 Å². The summed E-state index contributed by atoms with van der Waals surface area (Å²) in [4.78, 5) is 22.5. The number of benzene rings is 1. The molecule has 29 heavy (non-hydrogen) atoms. The summed E-state index contributed by atoms with van der Waals surface area (Å²) in [6.45, 7) is 4.77. The lowest BCUT2D eigenvalue weighted by Gasteiger charge is -2.40. The molecule has 1 aromatic carbocycles. The van der Waals surface area contributed by atoms with E-state index < -0.39 is 0 Å². The number of hydrogen-bond donors (Lipinski definition) is 2. The Labute approximate surface area is 170 Å². The number of rotatable bonds is 3. The summed E-state index contributed by atoms with van der Waals surface area (Å²) in [7, 11) is 1.76. The van der Waals surface area contributed by atoms with Crippen molar-refractivity contribution in [2.45, 2.75) is 32.7 Å². The van der Waals surface area contributed by atoms with Crippen molar-refractivity contribution >= 4 is 11.9 Å². The van der Waals surface area contributed by atoms with E-state index in [1.54, 1.807) is 36.1 Å². The summed E-state index contributed by atoms with van der Waals surface area (Å²) in [5.41, 5.74) is 1.34. The van der Waals surface area contributed by atoms with E-state index in [1.165, 1.54) is 0 Å². The maximum Gasteiger partial charge on any atom is 0.220 e. The Morgan fingerprint density at radius 2 is 2.31 bits per heavy atom. The van der Waals surface area contributed by atoms with E-state index in [2.05, 4.69) is 25.5 Å². The second kappa shape index (κ2) is 7.85. The molecule has 1 amide bonds. The molecule has 1 atom stereocenters. The highest BCUT2D eigenvalue weighted by Crippen LogP contribution is 2.36. The molecule has 2 fully saturated rings. The van der Waals surface area contributed by atoms with E-state index in [4.69, 9.17) is 0 Å². The first kappa shape index (κ1) is 19.4. The predicted octanol–water partition coefficient (Wildman–Crippen LogP) is 2.00. The van der Waals surface area contributed by atoms with Crippen LogP contribution in [0.25, 0.3) is 5.69 Å². The number of guanidine groups is 1. The fourth-order valence-corrected chi connectivity index (χ4v) is 4.43. The first-order valence-electron chi connectivity index (χ1n) is 10.0. The minimum atomic E-state index is -0.284. The largest absolute Gasteiger partial charge is 0.355 e. The Balaban J connectivity index is 1.42. The first-order valence-corrected chi connectivity index (χ1v) is 10.0. The number of carbonyl (C=O) groups excluding carboxylic acids is 1. The Hall–Kier alpha value is -2.90. The molecular weight excluding hydrogens is 371 g/mol. The molecule has 3 heterocycles. The average molecular weight is 398 g/mol. The van der Waals surface area contributed by atoms with E-state index in [-0.39, 0.29) is 17.1 Å².